The quantitative estimate of drug-likeness (QED) is 0.463. The van der Waals surface area contributed by atoms with E-state index >= 15 is 0 Å². The number of anilines is 1. The van der Waals surface area contributed by atoms with Gasteiger partial charge in [-0.15, -0.1) is 0 Å². The van der Waals surface area contributed by atoms with Crippen LogP contribution in [0.15, 0.2) is 22.7 Å². The lowest BCUT2D eigenvalue weighted by Crippen LogP contribution is -2.24. The maximum Gasteiger partial charge on any atom is 0.252 e. The Bertz CT molecular complexity index is 435. The van der Waals surface area contributed by atoms with Crippen LogP contribution in [0.25, 0.3) is 0 Å². The smallest absolute Gasteiger partial charge is 0.252 e. The zero-order valence-electron chi connectivity index (χ0n) is 13.0. The third kappa shape index (κ3) is 7.51. The van der Waals surface area contributed by atoms with Gasteiger partial charge < -0.3 is 11.1 Å². The molecule has 0 spiro atoms. The number of nitrogens with one attached hydrogen (secondary N) is 1. The van der Waals surface area contributed by atoms with Crippen LogP contribution < -0.4 is 11.1 Å². The first kappa shape index (κ1) is 18.0. The van der Waals surface area contributed by atoms with E-state index in [1.807, 2.05) is 0 Å². The molecule has 0 saturated carbocycles. The van der Waals surface area contributed by atoms with Crippen LogP contribution in [0.1, 0.15) is 68.6 Å². The third-order valence-corrected chi connectivity index (χ3v) is 4.24. The Morgan fingerprint density at radius 1 is 1.10 bits per heavy atom. The van der Waals surface area contributed by atoms with Gasteiger partial charge in [0, 0.05) is 16.7 Å². The first-order valence-corrected chi connectivity index (χ1v) is 8.77. The Labute approximate surface area is 136 Å². The second-order valence-corrected chi connectivity index (χ2v) is 6.32. The van der Waals surface area contributed by atoms with Gasteiger partial charge in [-0.25, -0.2) is 0 Å². The van der Waals surface area contributed by atoms with E-state index in [0.717, 1.165) is 17.4 Å². The summed E-state index contributed by atoms with van der Waals surface area (Å²) in [6, 6.07) is 5.28. The van der Waals surface area contributed by atoms with Crippen LogP contribution in [0.5, 0.6) is 0 Å². The van der Waals surface area contributed by atoms with Crippen molar-refractivity contribution in [3.05, 3.63) is 28.2 Å². The minimum absolute atomic E-state index is 0.0582. The number of amides is 1. The molecule has 0 aliphatic rings. The van der Waals surface area contributed by atoms with Gasteiger partial charge in [-0.3, -0.25) is 4.79 Å². The molecule has 0 aromatic heterocycles. The predicted octanol–water partition coefficient (Wildman–Crippen LogP) is 4.90. The van der Waals surface area contributed by atoms with Crippen LogP contribution in [0.3, 0.4) is 0 Å². The first-order valence-electron chi connectivity index (χ1n) is 7.98. The summed E-state index contributed by atoms with van der Waals surface area (Å²) in [4.78, 5) is 12.0. The molecule has 0 aliphatic heterocycles. The van der Waals surface area contributed by atoms with E-state index in [1.54, 1.807) is 18.2 Å². The highest BCUT2D eigenvalue weighted by Gasteiger charge is 2.09. The number of carbonyl (C=O) groups excluding carboxylic acids is 1. The van der Waals surface area contributed by atoms with Crippen molar-refractivity contribution in [3.8, 4) is 0 Å². The Hall–Kier alpha value is -1.03. The Balaban J connectivity index is 2.12. The van der Waals surface area contributed by atoms with E-state index in [4.69, 9.17) is 5.73 Å². The summed E-state index contributed by atoms with van der Waals surface area (Å²) in [6.45, 7) is 2.97. The molecule has 0 saturated heterocycles. The lowest BCUT2D eigenvalue weighted by Gasteiger charge is -2.07. The average molecular weight is 355 g/mol. The molecule has 0 bridgehead atoms. The molecular formula is C17H27BrN2O. The summed E-state index contributed by atoms with van der Waals surface area (Å²) in [7, 11) is 0. The van der Waals surface area contributed by atoms with Gasteiger partial charge in [-0.2, -0.15) is 0 Å². The van der Waals surface area contributed by atoms with Crippen molar-refractivity contribution in [2.24, 2.45) is 0 Å². The summed E-state index contributed by atoms with van der Waals surface area (Å²) in [5.74, 6) is -0.0582. The molecule has 3 nitrogen and oxygen atoms in total. The van der Waals surface area contributed by atoms with E-state index in [1.165, 1.54) is 44.9 Å². The van der Waals surface area contributed by atoms with Crippen molar-refractivity contribution < 1.29 is 4.79 Å². The molecule has 1 aromatic rings. The van der Waals surface area contributed by atoms with Crippen molar-refractivity contribution in [1.29, 1.82) is 0 Å². The zero-order chi connectivity index (χ0) is 15.5. The lowest BCUT2D eigenvalue weighted by molar-refractivity contribution is 0.0952. The number of nitrogens with two attached hydrogens (primary N) is 1. The van der Waals surface area contributed by atoms with E-state index in [2.05, 4.69) is 28.2 Å². The Morgan fingerprint density at radius 3 is 2.38 bits per heavy atom. The highest BCUT2D eigenvalue weighted by atomic mass is 79.9. The lowest BCUT2D eigenvalue weighted by atomic mass is 10.1. The minimum atomic E-state index is -0.0582. The molecule has 1 rings (SSSR count). The van der Waals surface area contributed by atoms with Gasteiger partial charge in [0.15, 0.2) is 0 Å². The second-order valence-electron chi connectivity index (χ2n) is 5.47. The standard InChI is InChI=1S/C17H27BrN2O/c1-2-3-4-5-6-7-8-9-12-20-17(21)15-13-14(19)10-11-16(15)18/h10-11,13H,2-9,12,19H2,1H3,(H,20,21). The van der Waals surface area contributed by atoms with Crippen LogP contribution >= 0.6 is 15.9 Å². The molecule has 3 N–H and O–H groups in total. The van der Waals surface area contributed by atoms with Crippen LogP contribution in [0, 0.1) is 0 Å². The van der Waals surface area contributed by atoms with Gasteiger partial charge in [-0.1, -0.05) is 51.9 Å². The maximum absolute atomic E-state index is 12.0. The van der Waals surface area contributed by atoms with E-state index in [9.17, 15) is 4.79 Å². The summed E-state index contributed by atoms with van der Waals surface area (Å²) in [5.41, 5.74) is 6.92. The third-order valence-electron chi connectivity index (χ3n) is 3.55. The normalized spacial score (nSPS) is 10.6. The summed E-state index contributed by atoms with van der Waals surface area (Å²) in [5, 5.41) is 2.95. The van der Waals surface area contributed by atoms with Gasteiger partial charge in [0.25, 0.3) is 5.91 Å². The molecule has 21 heavy (non-hydrogen) atoms. The van der Waals surface area contributed by atoms with Gasteiger partial charge in [0.1, 0.15) is 0 Å². The van der Waals surface area contributed by atoms with Crippen molar-refractivity contribution in [2.45, 2.75) is 58.3 Å². The summed E-state index contributed by atoms with van der Waals surface area (Å²) in [6.07, 6.45) is 10.2. The molecule has 0 aliphatic carbocycles. The molecule has 1 amide bonds. The van der Waals surface area contributed by atoms with Gasteiger partial charge in [0.2, 0.25) is 0 Å². The molecule has 0 fully saturated rings. The first-order chi connectivity index (χ1) is 10.1. The average Bonchev–Trinajstić information content (AvgIpc) is 2.48. The SMILES string of the molecule is CCCCCCCCCCNC(=O)c1cc(N)ccc1Br. The van der Waals surface area contributed by atoms with Gasteiger partial charge in [-0.05, 0) is 40.5 Å². The molecular weight excluding hydrogens is 328 g/mol. The minimum Gasteiger partial charge on any atom is -0.399 e. The summed E-state index contributed by atoms with van der Waals surface area (Å²) >= 11 is 3.38. The Morgan fingerprint density at radius 2 is 1.71 bits per heavy atom. The van der Waals surface area contributed by atoms with Crippen LogP contribution in [-0.4, -0.2) is 12.5 Å². The van der Waals surface area contributed by atoms with Crippen molar-refractivity contribution in [1.82, 2.24) is 5.32 Å². The predicted molar refractivity (Wildman–Crippen MR) is 93.5 cm³/mol. The number of nitrogen functional groups attached to an aromatic ring is 1. The largest absolute Gasteiger partial charge is 0.399 e. The topological polar surface area (TPSA) is 55.1 Å². The maximum atomic E-state index is 12.0. The number of halogens is 1. The molecule has 1 aromatic carbocycles. The van der Waals surface area contributed by atoms with E-state index in [-0.39, 0.29) is 5.91 Å². The number of hydrogen-bond donors (Lipinski definition) is 2. The second kappa shape index (κ2) is 10.7. The molecule has 0 radical (unpaired) electrons. The highest BCUT2D eigenvalue weighted by molar-refractivity contribution is 9.10. The van der Waals surface area contributed by atoms with Crippen molar-refractivity contribution in [2.75, 3.05) is 12.3 Å². The van der Waals surface area contributed by atoms with Crippen molar-refractivity contribution in [3.63, 3.8) is 0 Å². The number of hydrogen-bond acceptors (Lipinski definition) is 2. The van der Waals surface area contributed by atoms with Crippen LogP contribution in [0.2, 0.25) is 0 Å². The molecule has 0 atom stereocenters. The number of carbonyl (C=O) groups is 1. The number of unbranched alkanes of at least 4 members (excludes halogenated alkanes) is 7. The highest BCUT2D eigenvalue weighted by Crippen LogP contribution is 2.19. The monoisotopic (exact) mass is 354 g/mol. The zero-order valence-corrected chi connectivity index (χ0v) is 14.5. The fourth-order valence-electron chi connectivity index (χ4n) is 2.27. The fourth-order valence-corrected chi connectivity index (χ4v) is 2.70. The van der Waals surface area contributed by atoms with Crippen molar-refractivity contribution >= 4 is 27.5 Å². The van der Waals surface area contributed by atoms with Crippen LogP contribution in [0.4, 0.5) is 5.69 Å². The molecule has 4 heteroatoms. The fraction of sp³-hybridized carbons (Fsp3) is 0.588. The van der Waals surface area contributed by atoms with Crippen LogP contribution in [-0.2, 0) is 0 Å². The van der Waals surface area contributed by atoms with E-state index in [0.29, 0.717) is 11.3 Å². The molecule has 118 valence electrons. The molecule has 0 unspecified atom stereocenters. The Kier molecular flexibility index (Phi) is 9.15. The van der Waals surface area contributed by atoms with E-state index < -0.39 is 0 Å². The number of rotatable bonds is 10. The van der Waals surface area contributed by atoms with Gasteiger partial charge >= 0.3 is 0 Å². The number of benzene rings is 1. The summed E-state index contributed by atoms with van der Waals surface area (Å²) < 4.78 is 0.783. The van der Waals surface area contributed by atoms with Gasteiger partial charge in [0.05, 0.1) is 5.56 Å². The molecule has 0 heterocycles.